The molecule has 2 aromatic heterocycles. The van der Waals surface area contributed by atoms with Gasteiger partial charge in [0.2, 0.25) is 5.88 Å². The number of aryl methyl sites for hydroxylation is 1. The van der Waals surface area contributed by atoms with E-state index in [0.29, 0.717) is 11.6 Å². The standard InChI is InChI=1S/C12H16N4O/c1-3-10(13)11-5-4-9(7-14-11)17-12-6-8(2)15-16-12/h4-7,10H,3,13H2,1-2H3,(H,15,16). The molecule has 0 bridgehead atoms. The molecule has 0 fully saturated rings. The first-order valence-electron chi connectivity index (χ1n) is 5.60. The van der Waals surface area contributed by atoms with Crippen LogP contribution in [0.2, 0.25) is 0 Å². The summed E-state index contributed by atoms with van der Waals surface area (Å²) in [5.41, 5.74) is 7.71. The fourth-order valence-corrected chi connectivity index (χ4v) is 1.45. The van der Waals surface area contributed by atoms with Crippen molar-refractivity contribution in [1.82, 2.24) is 15.2 Å². The lowest BCUT2D eigenvalue weighted by molar-refractivity contribution is 0.458. The van der Waals surface area contributed by atoms with Crippen molar-refractivity contribution >= 4 is 0 Å². The van der Waals surface area contributed by atoms with Gasteiger partial charge in [0, 0.05) is 17.8 Å². The minimum absolute atomic E-state index is 0.0170. The summed E-state index contributed by atoms with van der Waals surface area (Å²) in [7, 11) is 0. The van der Waals surface area contributed by atoms with E-state index in [2.05, 4.69) is 15.2 Å². The summed E-state index contributed by atoms with van der Waals surface area (Å²) >= 11 is 0. The van der Waals surface area contributed by atoms with Crippen molar-refractivity contribution < 1.29 is 4.74 Å². The largest absolute Gasteiger partial charge is 0.436 e. The number of nitrogens with zero attached hydrogens (tertiary/aromatic N) is 2. The van der Waals surface area contributed by atoms with Crippen molar-refractivity contribution in [1.29, 1.82) is 0 Å². The molecule has 0 saturated carbocycles. The number of aromatic amines is 1. The van der Waals surface area contributed by atoms with E-state index >= 15 is 0 Å². The molecule has 0 aliphatic rings. The number of pyridine rings is 1. The van der Waals surface area contributed by atoms with Gasteiger partial charge in [-0.15, -0.1) is 5.10 Å². The molecule has 0 amide bonds. The van der Waals surface area contributed by atoms with Crippen molar-refractivity contribution in [2.75, 3.05) is 0 Å². The van der Waals surface area contributed by atoms with E-state index in [-0.39, 0.29) is 6.04 Å². The summed E-state index contributed by atoms with van der Waals surface area (Å²) in [5.74, 6) is 1.19. The quantitative estimate of drug-likeness (QED) is 0.848. The highest BCUT2D eigenvalue weighted by molar-refractivity contribution is 5.26. The van der Waals surface area contributed by atoms with Crippen LogP contribution >= 0.6 is 0 Å². The van der Waals surface area contributed by atoms with E-state index in [1.165, 1.54) is 0 Å². The summed E-state index contributed by atoms with van der Waals surface area (Å²) < 4.78 is 5.52. The topological polar surface area (TPSA) is 76.8 Å². The number of H-pyrrole nitrogens is 1. The fraction of sp³-hybridized carbons (Fsp3) is 0.333. The van der Waals surface area contributed by atoms with Crippen LogP contribution in [0.15, 0.2) is 24.4 Å². The molecule has 2 heterocycles. The van der Waals surface area contributed by atoms with Gasteiger partial charge >= 0.3 is 0 Å². The van der Waals surface area contributed by atoms with Gasteiger partial charge in [-0.05, 0) is 25.5 Å². The SMILES string of the molecule is CCC(N)c1ccc(Oc2cc(C)[nH]n2)cn1. The third kappa shape index (κ3) is 2.82. The molecule has 2 aromatic rings. The van der Waals surface area contributed by atoms with Gasteiger partial charge in [0.25, 0.3) is 0 Å². The molecule has 90 valence electrons. The van der Waals surface area contributed by atoms with E-state index in [0.717, 1.165) is 17.8 Å². The van der Waals surface area contributed by atoms with Crippen LogP contribution in [0, 0.1) is 6.92 Å². The maximum absolute atomic E-state index is 5.88. The van der Waals surface area contributed by atoms with Gasteiger partial charge in [0.15, 0.2) is 0 Å². The summed E-state index contributed by atoms with van der Waals surface area (Å²) in [6.45, 7) is 3.95. The second kappa shape index (κ2) is 4.97. The van der Waals surface area contributed by atoms with E-state index in [4.69, 9.17) is 10.5 Å². The molecule has 0 aliphatic heterocycles. The number of hydrogen-bond acceptors (Lipinski definition) is 4. The summed E-state index contributed by atoms with van der Waals surface area (Å²) in [6, 6.07) is 5.54. The Hall–Kier alpha value is -1.88. The maximum Gasteiger partial charge on any atom is 0.238 e. The smallest absolute Gasteiger partial charge is 0.238 e. The van der Waals surface area contributed by atoms with Crippen LogP contribution in [-0.4, -0.2) is 15.2 Å². The predicted molar refractivity (Wildman–Crippen MR) is 64.9 cm³/mol. The summed E-state index contributed by atoms with van der Waals surface area (Å²) in [5, 5.41) is 6.80. The second-order valence-corrected chi connectivity index (χ2v) is 3.92. The van der Waals surface area contributed by atoms with Gasteiger partial charge in [-0.2, -0.15) is 0 Å². The Labute approximate surface area is 100 Å². The fourth-order valence-electron chi connectivity index (χ4n) is 1.45. The second-order valence-electron chi connectivity index (χ2n) is 3.92. The minimum atomic E-state index is -0.0170. The Bertz CT molecular complexity index is 478. The number of nitrogens with two attached hydrogens (primary N) is 1. The number of ether oxygens (including phenoxy) is 1. The molecule has 1 unspecified atom stereocenters. The van der Waals surface area contributed by atoms with Crippen LogP contribution in [-0.2, 0) is 0 Å². The molecule has 0 radical (unpaired) electrons. The molecule has 5 heteroatoms. The molecule has 0 aromatic carbocycles. The first-order chi connectivity index (χ1) is 8.19. The minimum Gasteiger partial charge on any atom is -0.436 e. The van der Waals surface area contributed by atoms with Crippen LogP contribution in [0.5, 0.6) is 11.6 Å². The Balaban J connectivity index is 2.08. The molecule has 17 heavy (non-hydrogen) atoms. The van der Waals surface area contributed by atoms with Gasteiger partial charge in [-0.1, -0.05) is 6.92 Å². The highest BCUT2D eigenvalue weighted by atomic mass is 16.5. The average Bonchev–Trinajstić information content (AvgIpc) is 2.75. The normalized spacial score (nSPS) is 12.4. The van der Waals surface area contributed by atoms with E-state index in [1.54, 1.807) is 6.20 Å². The number of hydrogen-bond donors (Lipinski definition) is 2. The van der Waals surface area contributed by atoms with Crippen LogP contribution in [0.25, 0.3) is 0 Å². The van der Waals surface area contributed by atoms with Crippen LogP contribution in [0.4, 0.5) is 0 Å². The highest BCUT2D eigenvalue weighted by Crippen LogP contribution is 2.20. The highest BCUT2D eigenvalue weighted by Gasteiger charge is 2.06. The van der Waals surface area contributed by atoms with Crippen LogP contribution in [0.1, 0.15) is 30.8 Å². The first kappa shape index (κ1) is 11.6. The third-order valence-corrected chi connectivity index (χ3v) is 2.48. The lowest BCUT2D eigenvalue weighted by Gasteiger charge is -2.08. The Kier molecular flexibility index (Phi) is 3.39. The molecule has 0 spiro atoms. The molecule has 3 N–H and O–H groups in total. The van der Waals surface area contributed by atoms with E-state index in [9.17, 15) is 0 Å². The number of rotatable bonds is 4. The monoisotopic (exact) mass is 232 g/mol. The summed E-state index contributed by atoms with van der Waals surface area (Å²) in [4.78, 5) is 4.26. The molecule has 1 atom stereocenters. The molecule has 0 saturated heterocycles. The average molecular weight is 232 g/mol. The van der Waals surface area contributed by atoms with Crippen molar-refractivity contribution in [3.63, 3.8) is 0 Å². The number of aromatic nitrogens is 3. The van der Waals surface area contributed by atoms with Crippen LogP contribution in [0.3, 0.4) is 0 Å². The first-order valence-corrected chi connectivity index (χ1v) is 5.60. The Morgan fingerprint density at radius 3 is 2.82 bits per heavy atom. The molecule has 2 rings (SSSR count). The van der Waals surface area contributed by atoms with Gasteiger partial charge in [-0.25, -0.2) is 0 Å². The number of nitrogens with one attached hydrogen (secondary N) is 1. The van der Waals surface area contributed by atoms with Crippen LogP contribution < -0.4 is 10.5 Å². The predicted octanol–water partition coefficient (Wildman–Crippen LogP) is 2.32. The van der Waals surface area contributed by atoms with Crippen molar-refractivity contribution in [3.05, 3.63) is 35.8 Å². The zero-order valence-electron chi connectivity index (χ0n) is 9.97. The van der Waals surface area contributed by atoms with Crippen molar-refractivity contribution in [3.8, 4) is 11.6 Å². The molecule has 5 nitrogen and oxygen atoms in total. The van der Waals surface area contributed by atoms with Crippen molar-refractivity contribution in [2.45, 2.75) is 26.3 Å². The maximum atomic E-state index is 5.88. The lowest BCUT2D eigenvalue weighted by atomic mass is 10.1. The zero-order chi connectivity index (χ0) is 12.3. The van der Waals surface area contributed by atoms with Gasteiger partial charge in [0.05, 0.1) is 11.9 Å². The Morgan fingerprint density at radius 2 is 2.29 bits per heavy atom. The molecular weight excluding hydrogens is 216 g/mol. The zero-order valence-corrected chi connectivity index (χ0v) is 9.97. The van der Waals surface area contributed by atoms with Gasteiger partial charge in [-0.3, -0.25) is 10.1 Å². The molecule has 0 aliphatic carbocycles. The van der Waals surface area contributed by atoms with Gasteiger partial charge < -0.3 is 10.5 Å². The molecular formula is C12H16N4O. The van der Waals surface area contributed by atoms with Gasteiger partial charge in [0.1, 0.15) is 5.75 Å². The third-order valence-electron chi connectivity index (χ3n) is 2.48. The van der Waals surface area contributed by atoms with Crippen molar-refractivity contribution in [2.24, 2.45) is 5.73 Å². The lowest BCUT2D eigenvalue weighted by Crippen LogP contribution is -2.10. The Morgan fingerprint density at radius 1 is 1.47 bits per heavy atom. The van der Waals surface area contributed by atoms with E-state index < -0.39 is 0 Å². The van der Waals surface area contributed by atoms with E-state index in [1.807, 2.05) is 32.0 Å². The summed E-state index contributed by atoms with van der Waals surface area (Å²) in [6.07, 6.45) is 2.53.